The van der Waals surface area contributed by atoms with Crippen molar-refractivity contribution in [2.75, 3.05) is 23.8 Å². The number of ether oxygens (including phenoxy) is 2. The summed E-state index contributed by atoms with van der Waals surface area (Å²) in [5, 5.41) is 2.79. The van der Waals surface area contributed by atoms with Gasteiger partial charge in [0, 0.05) is 17.3 Å². The maximum Gasteiger partial charge on any atom is 0.265 e. The van der Waals surface area contributed by atoms with E-state index in [0.717, 1.165) is 5.56 Å². The van der Waals surface area contributed by atoms with E-state index in [1.165, 1.54) is 31.4 Å². The number of methoxy groups -OCH3 is 1. The van der Waals surface area contributed by atoms with Crippen LogP contribution in [0.25, 0.3) is 0 Å². The Hall–Kier alpha value is -3.59. The lowest BCUT2D eigenvalue weighted by Crippen LogP contribution is -2.17. The quantitative estimate of drug-likeness (QED) is 0.456. The van der Waals surface area contributed by atoms with Crippen molar-refractivity contribution in [3.8, 4) is 11.5 Å². The fraction of sp³-hybridized carbons (Fsp3) is 0.240. The molecule has 1 aliphatic rings. The van der Waals surface area contributed by atoms with Crippen molar-refractivity contribution in [3.63, 3.8) is 0 Å². The fourth-order valence-electron chi connectivity index (χ4n) is 3.76. The molecule has 0 aliphatic heterocycles. The number of rotatable bonds is 9. The fourth-order valence-corrected chi connectivity index (χ4v) is 5.01. The van der Waals surface area contributed by atoms with Gasteiger partial charge < -0.3 is 14.8 Å². The summed E-state index contributed by atoms with van der Waals surface area (Å²) in [4.78, 5) is 12.6. The van der Waals surface area contributed by atoms with Crippen molar-refractivity contribution in [3.05, 3.63) is 78.1 Å². The molecule has 2 unspecified atom stereocenters. The Morgan fingerprint density at radius 2 is 1.71 bits per heavy atom. The minimum Gasteiger partial charge on any atom is -0.495 e. The summed E-state index contributed by atoms with van der Waals surface area (Å²) in [6.45, 7) is 2.37. The summed E-state index contributed by atoms with van der Waals surface area (Å²) in [6.07, 6.45) is 0.651. The van der Waals surface area contributed by atoms with Gasteiger partial charge in [-0.1, -0.05) is 12.1 Å². The van der Waals surface area contributed by atoms with Gasteiger partial charge in [-0.3, -0.25) is 9.52 Å². The van der Waals surface area contributed by atoms with E-state index in [1.807, 2.05) is 6.92 Å². The second-order valence-corrected chi connectivity index (χ2v) is 9.57. The molecule has 1 saturated carbocycles. The molecule has 0 saturated heterocycles. The lowest BCUT2D eigenvalue weighted by atomic mass is 10.1. The van der Waals surface area contributed by atoms with Crippen molar-refractivity contribution in [1.82, 2.24) is 0 Å². The predicted octanol–water partition coefficient (Wildman–Crippen LogP) is 4.78. The zero-order chi connectivity index (χ0) is 24.3. The number of sulfonamides is 1. The number of hydrogen-bond acceptors (Lipinski definition) is 5. The summed E-state index contributed by atoms with van der Waals surface area (Å²) >= 11 is 0. The Bertz CT molecular complexity index is 1280. The highest BCUT2D eigenvalue weighted by Gasteiger charge is 2.44. The van der Waals surface area contributed by atoms with Crippen LogP contribution in [0.5, 0.6) is 11.5 Å². The molecule has 1 fully saturated rings. The van der Waals surface area contributed by atoms with Crippen LogP contribution in [0.3, 0.4) is 0 Å². The Morgan fingerprint density at radius 3 is 2.35 bits per heavy atom. The first-order chi connectivity index (χ1) is 16.3. The number of carbonyl (C=O) groups is 1. The molecular weight excluding hydrogens is 459 g/mol. The van der Waals surface area contributed by atoms with Gasteiger partial charge >= 0.3 is 0 Å². The third-order valence-electron chi connectivity index (χ3n) is 5.56. The van der Waals surface area contributed by atoms with Crippen LogP contribution in [-0.2, 0) is 14.8 Å². The summed E-state index contributed by atoms with van der Waals surface area (Å²) in [5.74, 6) is -0.00434. The van der Waals surface area contributed by atoms with Crippen LogP contribution in [0.15, 0.2) is 71.6 Å². The normalized spacial score (nSPS) is 17.0. The maximum absolute atomic E-state index is 13.1. The molecule has 0 heterocycles. The molecule has 0 aromatic heterocycles. The first-order valence-corrected chi connectivity index (χ1v) is 12.3. The highest BCUT2D eigenvalue weighted by molar-refractivity contribution is 7.92. The minimum absolute atomic E-state index is 0.0170. The van der Waals surface area contributed by atoms with E-state index in [1.54, 1.807) is 42.5 Å². The van der Waals surface area contributed by atoms with Gasteiger partial charge in [-0.05, 0) is 79.4 Å². The van der Waals surface area contributed by atoms with Gasteiger partial charge in [0.1, 0.15) is 22.2 Å². The van der Waals surface area contributed by atoms with Gasteiger partial charge in [-0.25, -0.2) is 12.8 Å². The van der Waals surface area contributed by atoms with Crippen LogP contribution in [-0.4, -0.2) is 28.0 Å². The highest BCUT2D eigenvalue weighted by atomic mass is 32.2. The standard InChI is InChI=1S/C25H25FN2O5S/c1-3-33-20-11-8-18(9-12-20)28-34(30,31)24-14-19(10-13-23(24)32-2)27-25(29)22-15-21(22)16-4-6-17(26)7-5-16/h4-14,21-22,28H,3,15H2,1-2H3,(H,27,29). The molecule has 1 aliphatic carbocycles. The second kappa shape index (κ2) is 9.72. The number of carbonyl (C=O) groups excluding carboxylic acids is 1. The van der Waals surface area contributed by atoms with E-state index >= 15 is 0 Å². The number of benzene rings is 3. The van der Waals surface area contributed by atoms with E-state index in [9.17, 15) is 17.6 Å². The van der Waals surface area contributed by atoms with E-state index in [4.69, 9.17) is 9.47 Å². The van der Waals surface area contributed by atoms with E-state index in [0.29, 0.717) is 30.2 Å². The topological polar surface area (TPSA) is 93.7 Å². The number of nitrogens with one attached hydrogen (secondary N) is 2. The van der Waals surface area contributed by atoms with Crippen LogP contribution < -0.4 is 19.5 Å². The number of hydrogen-bond donors (Lipinski definition) is 2. The number of amides is 1. The molecule has 2 N–H and O–H groups in total. The predicted molar refractivity (Wildman–Crippen MR) is 127 cm³/mol. The smallest absolute Gasteiger partial charge is 0.265 e. The lowest BCUT2D eigenvalue weighted by molar-refractivity contribution is -0.117. The van der Waals surface area contributed by atoms with Gasteiger partial charge in [-0.15, -0.1) is 0 Å². The molecule has 34 heavy (non-hydrogen) atoms. The van der Waals surface area contributed by atoms with E-state index < -0.39 is 10.0 Å². The highest BCUT2D eigenvalue weighted by Crippen LogP contribution is 2.48. The van der Waals surface area contributed by atoms with Gasteiger partial charge in [0.15, 0.2) is 0 Å². The zero-order valence-electron chi connectivity index (χ0n) is 18.7. The molecule has 3 aromatic carbocycles. The first kappa shape index (κ1) is 23.6. The van der Waals surface area contributed by atoms with Crippen LogP contribution in [0, 0.1) is 11.7 Å². The van der Waals surface area contributed by atoms with Gasteiger partial charge in [0.25, 0.3) is 10.0 Å². The molecule has 0 spiro atoms. The third kappa shape index (κ3) is 5.31. The molecule has 0 bridgehead atoms. The molecule has 1 amide bonds. The SMILES string of the molecule is CCOc1ccc(NS(=O)(=O)c2cc(NC(=O)C3CC3c3ccc(F)cc3)ccc2OC)cc1. The first-order valence-electron chi connectivity index (χ1n) is 10.8. The summed E-state index contributed by atoms with van der Waals surface area (Å²) in [6, 6.07) is 17.1. The van der Waals surface area contributed by atoms with Crippen molar-refractivity contribution in [1.29, 1.82) is 0 Å². The lowest BCUT2D eigenvalue weighted by Gasteiger charge is -2.14. The maximum atomic E-state index is 13.1. The van der Waals surface area contributed by atoms with Crippen molar-refractivity contribution < 1.29 is 27.1 Å². The van der Waals surface area contributed by atoms with Crippen LogP contribution in [0.1, 0.15) is 24.8 Å². The summed E-state index contributed by atoms with van der Waals surface area (Å²) in [7, 11) is -2.63. The molecular formula is C25H25FN2O5S. The average Bonchev–Trinajstić information content (AvgIpc) is 3.62. The van der Waals surface area contributed by atoms with Gasteiger partial charge in [-0.2, -0.15) is 0 Å². The molecule has 7 nitrogen and oxygen atoms in total. The van der Waals surface area contributed by atoms with Crippen LogP contribution in [0.4, 0.5) is 15.8 Å². The zero-order valence-corrected chi connectivity index (χ0v) is 19.6. The Morgan fingerprint density at radius 1 is 1.03 bits per heavy atom. The molecule has 4 rings (SSSR count). The van der Waals surface area contributed by atoms with Crippen molar-refractivity contribution in [2.24, 2.45) is 5.92 Å². The molecule has 178 valence electrons. The summed E-state index contributed by atoms with van der Waals surface area (Å²) < 4.78 is 52.4. The molecule has 3 aromatic rings. The Labute approximate surface area is 198 Å². The molecule has 2 atom stereocenters. The van der Waals surface area contributed by atoms with Crippen LogP contribution >= 0.6 is 0 Å². The summed E-state index contributed by atoms with van der Waals surface area (Å²) in [5.41, 5.74) is 1.60. The third-order valence-corrected chi connectivity index (χ3v) is 6.97. The molecule has 0 radical (unpaired) electrons. The van der Waals surface area contributed by atoms with E-state index in [2.05, 4.69) is 10.0 Å². The van der Waals surface area contributed by atoms with E-state index in [-0.39, 0.29) is 34.2 Å². The van der Waals surface area contributed by atoms with Crippen LogP contribution in [0.2, 0.25) is 0 Å². The number of anilines is 2. The van der Waals surface area contributed by atoms with Crippen molar-refractivity contribution in [2.45, 2.75) is 24.2 Å². The average molecular weight is 485 g/mol. The second-order valence-electron chi connectivity index (χ2n) is 7.92. The van der Waals surface area contributed by atoms with Gasteiger partial charge in [0.2, 0.25) is 5.91 Å². The largest absolute Gasteiger partial charge is 0.495 e. The molecule has 9 heteroatoms. The Balaban J connectivity index is 1.49. The minimum atomic E-state index is -4.00. The van der Waals surface area contributed by atoms with Gasteiger partial charge in [0.05, 0.1) is 13.7 Å². The Kier molecular flexibility index (Phi) is 6.74. The van der Waals surface area contributed by atoms with Crippen molar-refractivity contribution >= 4 is 27.3 Å². The monoisotopic (exact) mass is 484 g/mol. The number of halogens is 1.